The average Bonchev–Trinajstić information content (AvgIpc) is 2.66. The highest BCUT2D eigenvalue weighted by Crippen LogP contribution is 2.30. The summed E-state index contributed by atoms with van der Waals surface area (Å²) in [7, 11) is 0. The van der Waals surface area contributed by atoms with Crippen LogP contribution in [0.1, 0.15) is 22.6 Å². The van der Waals surface area contributed by atoms with E-state index in [0.29, 0.717) is 16.5 Å². The van der Waals surface area contributed by atoms with Crippen molar-refractivity contribution in [3.05, 3.63) is 59.9 Å². The summed E-state index contributed by atoms with van der Waals surface area (Å²) < 4.78 is 31.8. The van der Waals surface area contributed by atoms with Crippen LogP contribution in [-0.4, -0.2) is 34.1 Å². The molecule has 0 atom stereocenters. The summed E-state index contributed by atoms with van der Waals surface area (Å²) in [6.07, 6.45) is -2.84. The second kappa shape index (κ2) is 7.83. The van der Waals surface area contributed by atoms with E-state index >= 15 is 0 Å². The molecule has 8 heteroatoms. The highest BCUT2D eigenvalue weighted by atomic mass is 19.3. The van der Waals surface area contributed by atoms with E-state index in [1.807, 2.05) is 0 Å². The lowest BCUT2D eigenvalue weighted by atomic mass is 10.2. The van der Waals surface area contributed by atoms with Crippen LogP contribution in [0, 0.1) is 0 Å². The highest BCUT2D eigenvalue weighted by Gasteiger charge is 2.16. The number of benzene rings is 2. The van der Waals surface area contributed by atoms with Crippen molar-refractivity contribution in [2.24, 2.45) is 0 Å². The van der Waals surface area contributed by atoms with Crippen molar-refractivity contribution >= 4 is 16.8 Å². The normalized spacial score (nSPS) is 10.9. The number of aliphatic hydroxyl groups excluding tert-OH is 1. The van der Waals surface area contributed by atoms with Gasteiger partial charge in [0.05, 0.1) is 17.5 Å². The third-order valence-corrected chi connectivity index (χ3v) is 3.49. The number of rotatable bonds is 6. The van der Waals surface area contributed by atoms with Gasteiger partial charge in [-0.1, -0.05) is 18.2 Å². The van der Waals surface area contributed by atoms with Crippen molar-refractivity contribution in [1.29, 1.82) is 0 Å². The van der Waals surface area contributed by atoms with Crippen molar-refractivity contribution in [2.75, 3.05) is 13.2 Å². The summed E-state index contributed by atoms with van der Waals surface area (Å²) in [6, 6.07) is 12.9. The quantitative estimate of drug-likeness (QED) is 0.707. The molecule has 1 heterocycles. The highest BCUT2D eigenvalue weighted by molar-refractivity contribution is 5.94. The molecule has 1 aromatic heterocycles. The number of halogens is 2. The van der Waals surface area contributed by atoms with Crippen LogP contribution in [-0.2, 0) is 0 Å². The Balaban J connectivity index is 1.95. The summed E-state index contributed by atoms with van der Waals surface area (Å²) in [5, 5.41) is 11.8. The summed E-state index contributed by atoms with van der Waals surface area (Å²) in [6.45, 7) is -0.0521. The molecule has 0 aliphatic rings. The zero-order valence-electron chi connectivity index (χ0n) is 13.5. The minimum absolute atomic E-state index is 0.0150. The molecule has 0 saturated carbocycles. The molecule has 0 aliphatic heterocycles. The molecule has 1 amide bonds. The van der Waals surface area contributed by atoms with Crippen LogP contribution in [0.2, 0.25) is 0 Å². The number of aliphatic hydroxyl groups is 1. The van der Waals surface area contributed by atoms with Gasteiger partial charge in [-0.05, 0) is 30.3 Å². The topological polar surface area (TPSA) is 84.3 Å². The van der Waals surface area contributed by atoms with E-state index in [-0.39, 0.29) is 30.7 Å². The van der Waals surface area contributed by atoms with Crippen molar-refractivity contribution in [1.82, 2.24) is 15.3 Å². The van der Waals surface area contributed by atoms with E-state index in [2.05, 4.69) is 15.3 Å². The Labute approximate surface area is 147 Å². The van der Waals surface area contributed by atoms with Crippen molar-refractivity contribution in [3.63, 3.8) is 0 Å². The maximum Gasteiger partial charge on any atom is 0.297 e. The van der Waals surface area contributed by atoms with Crippen LogP contribution >= 0.6 is 0 Å². The van der Waals surface area contributed by atoms with E-state index in [9.17, 15) is 13.6 Å². The molecule has 0 spiro atoms. The molecule has 3 rings (SSSR count). The molecular formula is C18H15F2N3O3. The van der Waals surface area contributed by atoms with Crippen LogP contribution in [0.15, 0.2) is 48.5 Å². The minimum atomic E-state index is -2.84. The molecule has 0 aliphatic carbocycles. The molecule has 0 unspecified atom stereocenters. The molecule has 0 bridgehead atoms. The predicted octanol–water partition coefficient (Wildman–Crippen LogP) is 3.08. The van der Waals surface area contributed by atoms with Crippen molar-refractivity contribution < 1.29 is 23.4 Å². The number of hydrogen-bond acceptors (Lipinski definition) is 5. The first-order valence-electron chi connectivity index (χ1n) is 7.80. The van der Waals surface area contributed by atoms with Gasteiger partial charge in [-0.15, -0.1) is 0 Å². The van der Waals surface area contributed by atoms with Gasteiger partial charge in [-0.25, -0.2) is 13.8 Å². The SMILES string of the molecule is O=C(NCCO)c1cccc(Oc2nc(C(F)F)nc3ccccc23)c1. The van der Waals surface area contributed by atoms with Crippen LogP contribution in [0.4, 0.5) is 8.78 Å². The molecular weight excluding hydrogens is 344 g/mol. The van der Waals surface area contributed by atoms with Crippen molar-refractivity contribution in [2.45, 2.75) is 6.43 Å². The number of alkyl halides is 2. The Morgan fingerprint density at radius 1 is 1.15 bits per heavy atom. The third kappa shape index (κ3) is 3.92. The third-order valence-electron chi connectivity index (χ3n) is 3.49. The standard InChI is InChI=1S/C18H15F2N3O3/c19-15(20)16-22-14-7-2-1-6-13(14)18(23-16)26-12-5-3-4-11(10-12)17(25)21-8-9-24/h1-7,10,15,24H,8-9H2,(H,21,25). The van der Waals surface area contributed by atoms with Gasteiger partial charge in [0.25, 0.3) is 12.3 Å². The monoisotopic (exact) mass is 359 g/mol. The van der Waals surface area contributed by atoms with Gasteiger partial charge >= 0.3 is 0 Å². The first-order chi connectivity index (χ1) is 12.6. The van der Waals surface area contributed by atoms with Gasteiger partial charge in [-0.3, -0.25) is 4.79 Å². The largest absolute Gasteiger partial charge is 0.438 e. The Morgan fingerprint density at radius 2 is 1.96 bits per heavy atom. The van der Waals surface area contributed by atoms with Gasteiger partial charge in [-0.2, -0.15) is 4.98 Å². The lowest BCUT2D eigenvalue weighted by Crippen LogP contribution is -2.26. The second-order valence-electron chi connectivity index (χ2n) is 5.31. The number of amides is 1. The number of ether oxygens (including phenoxy) is 1. The second-order valence-corrected chi connectivity index (χ2v) is 5.31. The van der Waals surface area contributed by atoms with Crippen molar-refractivity contribution in [3.8, 4) is 11.6 Å². The van der Waals surface area contributed by atoms with Crippen LogP contribution in [0.5, 0.6) is 11.6 Å². The van der Waals surface area contributed by atoms with Crippen LogP contribution < -0.4 is 10.1 Å². The first-order valence-corrected chi connectivity index (χ1v) is 7.80. The Morgan fingerprint density at radius 3 is 2.73 bits per heavy atom. The fourth-order valence-corrected chi connectivity index (χ4v) is 2.32. The summed E-state index contributed by atoms with van der Waals surface area (Å²) in [4.78, 5) is 19.6. The Kier molecular flexibility index (Phi) is 5.33. The lowest BCUT2D eigenvalue weighted by Gasteiger charge is -2.11. The Hall–Kier alpha value is -3.13. The number of nitrogens with zero attached hydrogens (tertiary/aromatic N) is 2. The van der Waals surface area contributed by atoms with Gasteiger partial charge in [0.1, 0.15) is 5.75 Å². The molecule has 26 heavy (non-hydrogen) atoms. The average molecular weight is 359 g/mol. The summed E-state index contributed by atoms with van der Waals surface area (Å²) >= 11 is 0. The Bertz CT molecular complexity index is 934. The smallest absolute Gasteiger partial charge is 0.297 e. The summed E-state index contributed by atoms with van der Waals surface area (Å²) in [5.41, 5.74) is 0.646. The van der Waals surface area contributed by atoms with E-state index in [1.165, 1.54) is 6.07 Å². The molecule has 0 radical (unpaired) electrons. The van der Waals surface area contributed by atoms with E-state index < -0.39 is 12.2 Å². The molecule has 2 N–H and O–H groups in total. The summed E-state index contributed by atoms with van der Waals surface area (Å²) in [5.74, 6) is -0.759. The number of hydrogen-bond donors (Lipinski definition) is 2. The molecule has 0 fully saturated rings. The van der Waals surface area contributed by atoms with Gasteiger partial charge < -0.3 is 15.2 Å². The number of nitrogens with one attached hydrogen (secondary N) is 1. The molecule has 134 valence electrons. The lowest BCUT2D eigenvalue weighted by molar-refractivity contribution is 0.0944. The maximum absolute atomic E-state index is 13.0. The van der Waals surface area contributed by atoms with E-state index in [4.69, 9.17) is 9.84 Å². The maximum atomic E-state index is 13.0. The number of para-hydroxylation sites is 1. The molecule has 3 aromatic rings. The van der Waals surface area contributed by atoms with E-state index in [0.717, 1.165) is 0 Å². The predicted molar refractivity (Wildman–Crippen MR) is 90.4 cm³/mol. The number of carbonyl (C=O) groups excluding carboxylic acids is 1. The number of aromatic nitrogens is 2. The van der Waals surface area contributed by atoms with Gasteiger partial charge in [0.2, 0.25) is 5.88 Å². The number of carbonyl (C=O) groups is 1. The first kappa shape index (κ1) is 17.7. The van der Waals surface area contributed by atoms with Crippen LogP contribution in [0.25, 0.3) is 10.9 Å². The molecule has 6 nitrogen and oxygen atoms in total. The van der Waals surface area contributed by atoms with Gasteiger partial charge in [0, 0.05) is 12.1 Å². The molecule has 0 saturated heterocycles. The number of fused-ring (bicyclic) bond motifs is 1. The zero-order chi connectivity index (χ0) is 18.5. The van der Waals surface area contributed by atoms with E-state index in [1.54, 1.807) is 42.5 Å². The zero-order valence-corrected chi connectivity index (χ0v) is 13.5. The molecule has 2 aromatic carbocycles. The fraction of sp³-hybridized carbons (Fsp3) is 0.167. The minimum Gasteiger partial charge on any atom is -0.438 e. The fourth-order valence-electron chi connectivity index (χ4n) is 2.32. The van der Waals surface area contributed by atoms with Gasteiger partial charge in [0.15, 0.2) is 5.82 Å². The van der Waals surface area contributed by atoms with Crippen LogP contribution in [0.3, 0.4) is 0 Å².